The Morgan fingerprint density at radius 1 is 1.10 bits per heavy atom. The number of aryl methyl sites for hydroxylation is 2. The Morgan fingerprint density at radius 3 is 2.27 bits per heavy atom. The van der Waals surface area contributed by atoms with Crippen molar-refractivity contribution in [3.05, 3.63) is 52.3 Å². The van der Waals surface area contributed by atoms with Gasteiger partial charge in [0.15, 0.2) is 5.96 Å². The maximum absolute atomic E-state index is 4.80. The maximum atomic E-state index is 4.80. The monoisotopic (exact) mass is 412 g/mol. The van der Waals surface area contributed by atoms with Crippen molar-refractivity contribution >= 4 is 5.96 Å². The molecule has 0 bridgehead atoms. The van der Waals surface area contributed by atoms with Crippen LogP contribution in [0.1, 0.15) is 55.8 Å². The van der Waals surface area contributed by atoms with E-state index in [0.717, 1.165) is 44.3 Å². The lowest BCUT2D eigenvalue weighted by Gasteiger charge is -2.19. The molecule has 6 heteroatoms. The van der Waals surface area contributed by atoms with Crippen molar-refractivity contribution in [3.8, 4) is 0 Å². The van der Waals surface area contributed by atoms with Gasteiger partial charge in [0, 0.05) is 31.9 Å². The molecule has 6 nitrogen and oxygen atoms in total. The summed E-state index contributed by atoms with van der Waals surface area (Å²) in [7, 11) is 2.00. The molecule has 0 aliphatic heterocycles. The maximum Gasteiger partial charge on any atom is 0.191 e. The molecule has 0 saturated heterocycles. The molecule has 2 aromatic rings. The first-order valence-electron chi connectivity index (χ1n) is 11.2. The molecule has 0 fully saturated rings. The predicted octanol–water partition coefficient (Wildman–Crippen LogP) is 3.57. The Hall–Kier alpha value is -2.34. The van der Waals surface area contributed by atoms with Crippen molar-refractivity contribution in [2.24, 2.45) is 12.0 Å². The van der Waals surface area contributed by atoms with Gasteiger partial charge >= 0.3 is 0 Å². The lowest BCUT2D eigenvalue weighted by Crippen LogP contribution is -2.43. The van der Waals surface area contributed by atoms with Gasteiger partial charge in [-0.1, -0.05) is 38.1 Å². The van der Waals surface area contributed by atoms with Gasteiger partial charge in [0.2, 0.25) is 0 Å². The standard InChI is InChI=1S/C24H40N6/c1-8-25-24(27-18(4)15-23-19(5)28-29(7)20(23)6)26-16-21-11-13-22(14-12-21)17-30(9-2)10-3/h11-14,18H,8-10,15-17H2,1-7H3,(H2,25,26,27). The molecule has 1 unspecified atom stereocenters. The number of benzene rings is 1. The summed E-state index contributed by atoms with van der Waals surface area (Å²) in [6.45, 7) is 17.6. The second kappa shape index (κ2) is 11.7. The molecule has 30 heavy (non-hydrogen) atoms. The minimum atomic E-state index is 0.265. The van der Waals surface area contributed by atoms with Gasteiger partial charge in [-0.2, -0.15) is 5.10 Å². The van der Waals surface area contributed by atoms with Crippen LogP contribution in [0.25, 0.3) is 0 Å². The average molecular weight is 413 g/mol. The fourth-order valence-electron chi connectivity index (χ4n) is 3.65. The van der Waals surface area contributed by atoms with Crippen molar-refractivity contribution in [2.75, 3.05) is 19.6 Å². The molecule has 166 valence electrons. The number of rotatable bonds is 10. The predicted molar refractivity (Wildman–Crippen MR) is 127 cm³/mol. The zero-order valence-electron chi connectivity index (χ0n) is 19.9. The molecule has 0 aliphatic carbocycles. The van der Waals surface area contributed by atoms with Gasteiger partial charge in [-0.15, -0.1) is 0 Å². The number of nitrogens with one attached hydrogen (secondary N) is 2. The number of aromatic nitrogens is 2. The number of guanidine groups is 1. The zero-order chi connectivity index (χ0) is 22.1. The second-order valence-corrected chi connectivity index (χ2v) is 8.00. The molecule has 0 spiro atoms. The van der Waals surface area contributed by atoms with E-state index in [4.69, 9.17) is 4.99 Å². The second-order valence-electron chi connectivity index (χ2n) is 8.00. The molecule has 1 aromatic heterocycles. The normalized spacial score (nSPS) is 13.0. The van der Waals surface area contributed by atoms with Crippen molar-refractivity contribution in [1.29, 1.82) is 0 Å². The summed E-state index contributed by atoms with van der Waals surface area (Å²) in [5.41, 5.74) is 6.23. The minimum absolute atomic E-state index is 0.265. The summed E-state index contributed by atoms with van der Waals surface area (Å²) in [6.07, 6.45) is 0.927. The van der Waals surface area contributed by atoms with Gasteiger partial charge in [-0.3, -0.25) is 9.58 Å². The molecule has 0 amide bonds. The first-order valence-corrected chi connectivity index (χ1v) is 11.2. The van der Waals surface area contributed by atoms with Crippen LogP contribution in [-0.2, 0) is 26.6 Å². The molecule has 0 aliphatic rings. The molecule has 0 radical (unpaired) electrons. The molecular weight excluding hydrogens is 372 g/mol. The van der Waals surface area contributed by atoms with E-state index in [1.807, 2.05) is 11.7 Å². The highest BCUT2D eigenvalue weighted by molar-refractivity contribution is 5.80. The van der Waals surface area contributed by atoms with Crippen LogP contribution in [0.15, 0.2) is 29.3 Å². The van der Waals surface area contributed by atoms with Crippen LogP contribution in [0.4, 0.5) is 0 Å². The van der Waals surface area contributed by atoms with E-state index >= 15 is 0 Å². The third-order valence-corrected chi connectivity index (χ3v) is 5.64. The van der Waals surface area contributed by atoms with Gasteiger partial charge < -0.3 is 10.6 Å². The van der Waals surface area contributed by atoms with Crippen molar-refractivity contribution in [2.45, 2.75) is 67.1 Å². The largest absolute Gasteiger partial charge is 0.357 e. The minimum Gasteiger partial charge on any atom is -0.357 e. The Bertz CT molecular complexity index is 802. The molecule has 1 heterocycles. The smallest absolute Gasteiger partial charge is 0.191 e. The highest BCUT2D eigenvalue weighted by Gasteiger charge is 2.14. The number of nitrogens with zero attached hydrogens (tertiary/aromatic N) is 4. The van der Waals surface area contributed by atoms with E-state index in [2.05, 4.69) is 86.4 Å². The Kier molecular flexibility index (Phi) is 9.37. The van der Waals surface area contributed by atoms with Crippen LogP contribution < -0.4 is 10.6 Å². The van der Waals surface area contributed by atoms with Gasteiger partial charge in [-0.25, -0.2) is 4.99 Å². The van der Waals surface area contributed by atoms with Crippen molar-refractivity contribution in [1.82, 2.24) is 25.3 Å². The Balaban J connectivity index is 1.98. The van der Waals surface area contributed by atoms with E-state index < -0.39 is 0 Å². The summed E-state index contributed by atoms with van der Waals surface area (Å²) in [4.78, 5) is 7.23. The summed E-state index contributed by atoms with van der Waals surface area (Å²) >= 11 is 0. The van der Waals surface area contributed by atoms with E-state index in [-0.39, 0.29) is 6.04 Å². The lowest BCUT2D eigenvalue weighted by molar-refractivity contribution is 0.296. The van der Waals surface area contributed by atoms with Crippen LogP contribution in [-0.4, -0.2) is 46.3 Å². The fraction of sp³-hybridized carbons (Fsp3) is 0.583. The quantitative estimate of drug-likeness (QED) is 0.463. The zero-order valence-corrected chi connectivity index (χ0v) is 19.9. The highest BCUT2D eigenvalue weighted by Crippen LogP contribution is 2.14. The highest BCUT2D eigenvalue weighted by atomic mass is 15.3. The first kappa shape index (κ1) is 23.9. The van der Waals surface area contributed by atoms with Crippen LogP contribution in [0, 0.1) is 13.8 Å². The van der Waals surface area contributed by atoms with E-state index in [1.165, 1.54) is 22.4 Å². The topological polar surface area (TPSA) is 57.5 Å². The van der Waals surface area contributed by atoms with E-state index in [0.29, 0.717) is 6.54 Å². The summed E-state index contributed by atoms with van der Waals surface area (Å²) in [5, 5.41) is 11.4. The molecule has 0 saturated carbocycles. The number of hydrogen-bond donors (Lipinski definition) is 2. The Labute approximate surface area is 182 Å². The molecular formula is C24H40N6. The SMILES string of the molecule is CCNC(=NCc1ccc(CN(CC)CC)cc1)NC(C)Cc1c(C)nn(C)c1C. The van der Waals surface area contributed by atoms with E-state index in [1.54, 1.807) is 0 Å². The average Bonchev–Trinajstić information content (AvgIpc) is 2.97. The van der Waals surface area contributed by atoms with Crippen molar-refractivity contribution in [3.63, 3.8) is 0 Å². The van der Waals surface area contributed by atoms with Gasteiger partial charge in [0.1, 0.15) is 0 Å². The van der Waals surface area contributed by atoms with Crippen LogP contribution in [0.2, 0.25) is 0 Å². The van der Waals surface area contributed by atoms with Crippen LogP contribution >= 0.6 is 0 Å². The third kappa shape index (κ3) is 6.87. The van der Waals surface area contributed by atoms with Gasteiger partial charge in [0.05, 0.1) is 12.2 Å². The third-order valence-electron chi connectivity index (χ3n) is 5.64. The Morgan fingerprint density at radius 2 is 1.73 bits per heavy atom. The molecule has 2 N–H and O–H groups in total. The number of aliphatic imine (C=N–C) groups is 1. The molecule has 1 atom stereocenters. The lowest BCUT2D eigenvalue weighted by atomic mass is 10.1. The summed E-state index contributed by atoms with van der Waals surface area (Å²) in [5.74, 6) is 0.858. The fourth-order valence-corrected chi connectivity index (χ4v) is 3.65. The molecule has 2 rings (SSSR count). The van der Waals surface area contributed by atoms with Crippen LogP contribution in [0.5, 0.6) is 0 Å². The van der Waals surface area contributed by atoms with Crippen LogP contribution in [0.3, 0.4) is 0 Å². The van der Waals surface area contributed by atoms with Crippen molar-refractivity contribution < 1.29 is 0 Å². The summed E-state index contributed by atoms with van der Waals surface area (Å²) < 4.78 is 1.96. The van der Waals surface area contributed by atoms with E-state index in [9.17, 15) is 0 Å². The van der Waals surface area contributed by atoms with Gasteiger partial charge in [-0.05, 0) is 63.9 Å². The molecule has 1 aromatic carbocycles. The number of hydrogen-bond acceptors (Lipinski definition) is 3. The summed E-state index contributed by atoms with van der Waals surface area (Å²) in [6, 6.07) is 9.09. The van der Waals surface area contributed by atoms with Gasteiger partial charge in [0.25, 0.3) is 0 Å². The first-order chi connectivity index (χ1) is 14.4.